The molecular formula is C19H18N2O2S. The molecule has 1 aromatic heterocycles. The molecule has 2 aromatic rings. The fourth-order valence-electron chi connectivity index (χ4n) is 3.32. The van der Waals surface area contributed by atoms with Gasteiger partial charge in [0.15, 0.2) is 0 Å². The molecule has 4 nitrogen and oxygen atoms in total. The summed E-state index contributed by atoms with van der Waals surface area (Å²) in [5.41, 5.74) is 2.86. The van der Waals surface area contributed by atoms with E-state index >= 15 is 0 Å². The van der Waals surface area contributed by atoms with Gasteiger partial charge in [-0.05, 0) is 43.3 Å². The van der Waals surface area contributed by atoms with Crippen molar-refractivity contribution < 1.29 is 9.59 Å². The summed E-state index contributed by atoms with van der Waals surface area (Å²) in [6, 6.07) is 11.4. The summed E-state index contributed by atoms with van der Waals surface area (Å²) in [4.78, 5) is 30.5. The van der Waals surface area contributed by atoms with Gasteiger partial charge in [0.1, 0.15) is 5.70 Å². The molecule has 3 heterocycles. The monoisotopic (exact) mass is 338 g/mol. The number of aryl methyl sites for hydroxylation is 1. The minimum absolute atomic E-state index is 0.200. The van der Waals surface area contributed by atoms with Crippen molar-refractivity contribution in [2.24, 2.45) is 0 Å². The zero-order chi connectivity index (χ0) is 16.7. The molecule has 24 heavy (non-hydrogen) atoms. The number of rotatable bonds is 3. The molecule has 2 amide bonds. The van der Waals surface area contributed by atoms with Crippen molar-refractivity contribution in [1.29, 1.82) is 0 Å². The first-order valence-corrected chi connectivity index (χ1v) is 9.03. The number of carbonyl (C=O) groups is 2. The van der Waals surface area contributed by atoms with Gasteiger partial charge in [-0.25, -0.2) is 4.90 Å². The number of nitrogens with zero attached hydrogens (tertiary/aromatic N) is 2. The van der Waals surface area contributed by atoms with E-state index in [1.165, 1.54) is 16.2 Å². The van der Waals surface area contributed by atoms with Crippen molar-refractivity contribution in [3.8, 4) is 0 Å². The Bertz CT molecular complexity index is 816. The Morgan fingerprint density at radius 2 is 1.67 bits per heavy atom. The summed E-state index contributed by atoms with van der Waals surface area (Å²) in [6.07, 6.45) is 2.13. The van der Waals surface area contributed by atoms with E-state index in [9.17, 15) is 9.59 Å². The van der Waals surface area contributed by atoms with E-state index in [2.05, 4.69) is 4.90 Å². The third-order valence-electron chi connectivity index (χ3n) is 4.54. The summed E-state index contributed by atoms with van der Waals surface area (Å²) < 4.78 is 0. The second-order valence-electron chi connectivity index (χ2n) is 6.18. The zero-order valence-electron chi connectivity index (χ0n) is 13.5. The van der Waals surface area contributed by atoms with Crippen LogP contribution in [-0.2, 0) is 9.59 Å². The van der Waals surface area contributed by atoms with Crippen LogP contribution in [0.5, 0.6) is 0 Å². The summed E-state index contributed by atoms with van der Waals surface area (Å²) in [5, 5.41) is 1.94. The zero-order valence-corrected chi connectivity index (χ0v) is 14.3. The van der Waals surface area contributed by atoms with E-state index in [0.717, 1.165) is 36.4 Å². The maximum Gasteiger partial charge on any atom is 0.282 e. The molecular weight excluding hydrogens is 320 g/mol. The number of benzene rings is 1. The average molecular weight is 338 g/mol. The van der Waals surface area contributed by atoms with Crippen molar-refractivity contribution in [2.75, 3.05) is 18.0 Å². The number of hydrogen-bond donors (Lipinski definition) is 0. The highest BCUT2D eigenvalue weighted by Crippen LogP contribution is 2.37. The molecule has 0 N–H and O–H groups in total. The first kappa shape index (κ1) is 15.1. The maximum absolute atomic E-state index is 13.1. The molecule has 2 aliphatic rings. The van der Waals surface area contributed by atoms with Crippen LogP contribution >= 0.6 is 11.3 Å². The second kappa shape index (κ2) is 5.91. The van der Waals surface area contributed by atoms with Crippen LogP contribution in [0.25, 0.3) is 5.57 Å². The molecule has 2 aliphatic heterocycles. The van der Waals surface area contributed by atoms with Gasteiger partial charge in [-0.2, -0.15) is 0 Å². The molecule has 0 spiro atoms. The minimum Gasteiger partial charge on any atom is -0.366 e. The first-order valence-electron chi connectivity index (χ1n) is 8.15. The van der Waals surface area contributed by atoms with Crippen molar-refractivity contribution in [2.45, 2.75) is 19.8 Å². The molecule has 0 radical (unpaired) electrons. The van der Waals surface area contributed by atoms with Crippen LogP contribution in [0.3, 0.4) is 0 Å². The van der Waals surface area contributed by atoms with Crippen molar-refractivity contribution >= 4 is 34.4 Å². The maximum atomic E-state index is 13.1. The highest BCUT2D eigenvalue weighted by Gasteiger charge is 2.43. The minimum atomic E-state index is -0.215. The Kier molecular flexibility index (Phi) is 3.73. The number of anilines is 1. The Morgan fingerprint density at radius 3 is 2.29 bits per heavy atom. The van der Waals surface area contributed by atoms with Gasteiger partial charge >= 0.3 is 0 Å². The standard InChI is InChI=1S/C19H18N2O2S/c1-13-6-8-14(9-7-13)21-18(22)16(15-5-4-12-24-15)17(19(21)23)20-10-2-3-11-20/h4-9,12H,2-3,10-11H2,1H3. The smallest absolute Gasteiger partial charge is 0.282 e. The SMILES string of the molecule is Cc1ccc(N2C(=O)C(c3cccs3)=C(N3CCCC3)C2=O)cc1. The van der Waals surface area contributed by atoms with Crippen LogP contribution in [0, 0.1) is 6.92 Å². The molecule has 1 aromatic carbocycles. The molecule has 4 rings (SSSR count). The summed E-state index contributed by atoms with van der Waals surface area (Å²) >= 11 is 1.50. The van der Waals surface area contributed by atoms with Crippen molar-refractivity contribution in [3.05, 3.63) is 57.9 Å². The number of carbonyl (C=O) groups excluding carboxylic acids is 2. The molecule has 1 fully saturated rings. The summed E-state index contributed by atoms with van der Waals surface area (Å²) in [6.45, 7) is 3.67. The summed E-state index contributed by atoms with van der Waals surface area (Å²) in [7, 11) is 0. The van der Waals surface area contributed by atoms with Gasteiger partial charge in [0.05, 0.1) is 11.3 Å². The fourth-order valence-corrected chi connectivity index (χ4v) is 4.09. The van der Waals surface area contributed by atoms with Gasteiger partial charge in [-0.15, -0.1) is 11.3 Å². The van der Waals surface area contributed by atoms with Crippen LogP contribution in [0.1, 0.15) is 23.3 Å². The quantitative estimate of drug-likeness (QED) is 0.805. The Labute approximate surface area is 145 Å². The van der Waals surface area contributed by atoms with Crippen LogP contribution in [0.2, 0.25) is 0 Å². The van der Waals surface area contributed by atoms with E-state index in [1.807, 2.05) is 48.7 Å². The topological polar surface area (TPSA) is 40.6 Å². The molecule has 5 heteroatoms. The van der Waals surface area contributed by atoms with Gasteiger partial charge in [-0.1, -0.05) is 23.8 Å². The normalized spacial score (nSPS) is 18.2. The van der Waals surface area contributed by atoms with Crippen molar-refractivity contribution in [3.63, 3.8) is 0 Å². The Morgan fingerprint density at radius 1 is 0.958 bits per heavy atom. The highest BCUT2D eigenvalue weighted by atomic mass is 32.1. The lowest BCUT2D eigenvalue weighted by Gasteiger charge is -2.20. The predicted octanol–water partition coefficient (Wildman–Crippen LogP) is 3.44. The third-order valence-corrected chi connectivity index (χ3v) is 5.43. The van der Waals surface area contributed by atoms with Gasteiger partial charge in [0.2, 0.25) is 0 Å². The molecule has 0 unspecified atom stereocenters. The second-order valence-corrected chi connectivity index (χ2v) is 7.12. The Balaban J connectivity index is 1.81. The highest BCUT2D eigenvalue weighted by molar-refractivity contribution is 7.11. The van der Waals surface area contributed by atoms with E-state index in [1.54, 1.807) is 0 Å². The predicted molar refractivity (Wildman–Crippen MR) is 95.7 cm³/mol. The third kappa shape index (κ3) is 2.36. The van der Waals surface area contributed by atoms with Gasteiger partial charge in [0.25, 0.3) is 11.8 Å². The van der Waals surface area contributed by atoms with E-state index in [-0.39, 0.29) is 11.8 Å². The molecule has 0 bridgehead atoms. The van der Waals surface area contributed by atoms with Crippen molar-refractivity contribution in [1.82, 2.24) is 4.90 Å². The number of hydrogen-bond acceptors (Lipinski definition) is 4. The number of likely N-dealkylation sites (tertiary alicyclic amines) is 1. The van der Waals surface area contributed by atoms with Crippen LogP contribution in [0.15, 0.2) is 47.5 Å². The number of thiophene rings is 1. The summed E-state index contributed by atoms with van der Waals surface area (Å²) in [5.74, 6) is -0.414. The lowest BCUT2D eigenvalue weighted by Crippen LogP contribution is -2.34. The number of amides is 2. The van der Waals surface area contributed by atoms with Crippen LogP contribution in [-0.4, -0.2) is 29.8 Å². The van der Waals surface area contributed by atoms with E-state index in [4.69, 9.17) is 0 Å². The first-order chi connectivity index (χ1) is 11.7. The molecule has 1 saturated heterocycles. The fraction of sp³-hybridized carbons (Fsp3) is 0.263. The van der Waals surface area contributed by atoms with E-state index < -0.39 is 0 Å². The number of imide groups is 1. The lowest BCUT2D eigenvalue weighted by molar-refractivity contribution is -0.120. The largest absolute Gasteiger partial charge is 0.366 e. The molecule has 122 valence electrons. The molecule has 0 atom stereocenters. The molecule has 0 aliphatic carbocycles. The van der Waals surface area contributed by atoms with E-state index in [0.29, 0.717) is 17.0 Å². The van der Waals surface area contributed by atoms with Gasteiger partial charge < -0.3 is 4.90 Å². The van der Waals surface area contributed by atoms with Gasteiger partial charge in [-0.3, -0.25) is 9.59 Å². The average Bonchev–Trinajstić information content (AvgIpc) is 3.30. The lowest BCUT2D eigenvalue weighted by atomic mass is 10.1. The Hall–Kier alpha value is -2.40. The van der Waals surface area contributed by atoms with Crippen LogP contribution in [0.4, 0.5) is 5.69 Å². The van der Waals surface area contributed by atoms with Gasteiger partial charge in [0, 0.05) is 18.0 Å². The molecule has 0 saturated carbocycles. The van der Waals surface area contributed by atoms with Crippen LogP contribution < -0.4 is 4.90 Å².